The summed E-state index contributed by atoms with van der Waals surface area (Å²) in [6, 6.07) is 5.78. The summed E-state index contributed by atoms with van der Waals surface area (Å²) in [5.74, 6) is -1.13. The van der Waals surface area contributed by atoms with Crippen LogP contribution < -0.4 is 5.69 Å². The summed E-state index contributed by atoms with van der Waals surface area (Å²) >= 11 is 0. The molecule has 9 heteroatoms. The van der Waals surface area contributed by atoms with Crippen LogP contribution in [0, 0.1) is 0 Å². The van der Waals surface area contributed by atoms with Crippen LogP contribution in [0.25, 0.3) is 11.4 Å². The minimum atomic E-state index is -3.40. The maximum atomic E-state index is 11.5. The van der Waals surface area contributed by atoms with Crippen LogP contribution in [0.5, 0.6) is 0 Å². The third-order valence-corrected chi connectivity index (χ3v) is 3.68. The lowest BCUT2D eigenvalue weighted by atomic mass is 10.2. The van der Waals surface area contributed by atoms with E-state index < -0.39 is 28.0 Å². The highest BCUT2D eigenvalue weighted by Crippen LogP contribution is 2.19. The number of aliphatic carboxylic acids is 1. The number of aromatic nitrogens is 3. The number of sulfone groups is 1. The number of nitrogens with zero attached hydrogens (tertiary/aromatic N) is 2. The molecule has 0 aliphatic carbocycles. The van der Waals surface area contributed by atoms with Crippen LogP contribution in [0.15, 0.2) is 34.0 Å². The number of hydrogen-bond acceptors (Lipinski definition) is 5. The molecule has 0 atom stereocenters. The highest BCUT2D eigenvalue weighted by atomic mass is 32.2. The first-order valence-electron chi connectivity index (χ1n) is 5.46. The molecule has 0 bridgehead atoms. The fourth-order valence-corrected chi connectivity index (χ4v) is 2.35. The van der Waals surface area contributed by atoms with E-state index in [-0.39, 0.29) is 10.7 Å². The monoisotopic (exact) mass is 297 g/mol. The van der Waals surface area contributed by atoms with Crippen molar-refractivity contribution in [2.24, 2.45) is 0 Å². The van der Waals surface area contributed by atoms with E-state index in [1.165, 1.54) is 18.2 Å². The Morgan fingerprint density at radius 1 is 1.45 bits per heavy atom. The van der Waals surface area contributed by atoms with Gasteiger partial charge >= 0.3 is 11.7 Å². The van der Waals surface area contributed by atoms with Crippen molar-refractivity contribution in [2.75, 3.05) is 6.26 Å². The number of hydrogen-bond donors (Lipinski definition) is 2. The van der Waals surface area contributed by atoms with Crippen LogP contribution in [-0.2, 0) is 21.2 Å². The second kappa shape index (κ2) is 4.93. The van der Waals surface area contributed by atoms with Crippen LogP contribution in [-0.4, -0.2) is 40.5 Å². The van der Waals surface area contributed by atoms with Crippen LogP contribution in [0.2, 0.25) is 0 Å². The van der Waals surface area contributed by atoms with Crippen LogP contribution in [0.4, 0.5) is 0 Å². The van der Waals surface area contributed by atoms with Crippen molar-refractivity contribution in [1.82, 2.24) is 14.8 Å². The predicted octanol–water partition coefficient (Wildman–Crippen LogP) is -0.274. The number of carboxylic acids is 1. The zero-order valence-corrected chi connectivity index (χ0v) is 11.2. The molecule has 1 aromatic heterocycles. The van der Waals surface area contributed by atoms with E-state index in [1.54, 1.807) is 6.07 Å². The van der Waals surface area contributed by atoms with E-state index in [1.807, 2.05) is 0 Å². The zero-order chi connectivity index (χ0) is 14.9. The number of rotatable bonds is 4. The largest absolute Gasteiger partial charge is 0.480 e. The lowest BCUT2D eigenvalue weighted by Gasteiger charge is -2.04. The van der Waals surface area contributed by atoms with Crippen molar-refractivity contribution < 1.29 is 18.3 Å². The van der Waals surface area contributed by atoms with Gasteiger partial charge in [-0.1, -0.05) is 12.1 Å². The van der Waals surface area contributed by atoms with Gasteiger partial charge in [0.25, 0.3) is 0 Å². The van der Waals surface area contributed by atoms with Crippen molar-refractivity contribution in [2.45, 2.75) is 11.4 Å². The molecule has 106 valence electrons. The Labute approximate surface area is 113 Å². The van der Waals surface area contributed by atoms with Crippen molar-refractivity contribution >= 4 is 15.8 Å². The first-order valence-corrected chi connectivity index (χ1v) is 7.35. The molecule has 0 unspecified atom stereocenters. The van der Waals surface area contributed by atoms with E-state index in [2.05, 4.69) is 10.2 Å². The molecule has 0 aliphatic rings. The van der Waals surface area contributed by atoms with Crippen molar-refractivity contribution in [3.8, 4) is 11.4 Å². The van der Waals surface area contributed by atoms with Gasteiger partial charge in [0.1, 0.15) is 6.54 Å². The Bertz CT molecular complexity index is 819. The molecule has 0 aliphatic heterocycles. The van der Waals surface area contributed by atoms with Crippen LogP contribution >= 0.6 is 0 Å². The van der Waals surface area contributed by atoms with E-state index >= 15 is 0 Å². The van der Waals surface area contributed by atoms with E-state index in [4.69, 9.17) is 5.11 Å². The van der Waals surface area contributed by atoms with E-state index in [9.17, 15) is 18.0 Å². The topological polar surface area (TPSA) is 122 Å². The van der Waals surface area contributed by atoms with Gasteiger partial charge in [0.05, 0.1) is 4.90 Å². The average molecular weight is 297 g/mol. The third kappa shape index (κ3) is 2.77. The summed E-state index contributed by atoms with van der Waals surface area (Å²) in [5, 5.41) is 14.6. The summed E-state index contributed by atoms with van der Waals surface area (Å²) in [4.78, 5) is 22.3. The highest BCUT2D eigenvalue weighted by Gasteiger charge is 2.15. The molecule has 0 amide bonds. The summed E-state index contributed by atoms with van der Waals surface area (Å²) in [6.07, 6.45) is 1.06. The maximum absolute atomic E-state index is 11.5. The van der Waals surface area contributed by atoms with Crippen molar-refractivity contribution in [1.29, 1.82) is 0 Å². The van der Waals surface area contributed by atoms with E-state index in [0.29, 0.717) is 5.56 Å². The van der Waals surface area contributed by atoms with Gasteiger partial charge in [-0.15, -0.1) is 0 Å². The zero-order valence-electron chi connectivity index (χ0n) is 10.4. The van der Waals surface area contributed by atoms with Gasteiger partial charge in [0.15, 0.2) is 15.7 Å². The highest BCUT2D eigenvalue weighted by molar-refractivity contribution is 7.90. The summed E-state index contributed by atoms with van der Waals surface area (Å²) in [6.45, 7) is -0.562. The molecule has 20 heavy (non-hydrogen) atoms. The number of carboxylic acid groups (broad SMARTS) is 1. The fraction of sp³-hybridized carbons (Fsp3) is 0.182. The fourth-order valence-electron chi connectivity index (χ4n) is 1.69. The summed E-state index contributed by atoms with van der Waals surface area (Å²) < 4.78 is 23.9. The van der Waals surface area contributed by atoms with Crippen molar-refractivity contribution in [3.05, 3.63) is 34.7 Å². The number of nitrogens with one attached hydrogen (secondary N) is 1. The molecule has 0 saturated carbocycles. The molecule has 1 aromatic carbocycles. The number of H-pyrrole nitrogens is 1. The van der Waals surface area contributed by atoms with Gasteiger partial charge in [0, 0.05) is 11.8 Å². The van der Waals surface area contributed by atoms with Gasteiger partial charge in [0.2, 0.25) is 0 Å². The van der Waals surface area contributed by atoms with Gasteiger partial charge in [-0.3, -0.25) is 9.36 Å². The Balaban J connectivity index is 2.58. The first-order chi connectivity index (χ1) is 9.29. The standard InChI is InChI=1S/C11H11N3O5S/c1-20(18,19)8-4-2-3-7(5-8)10-12-13-11(17)14(10)6-9(15)16/h2-5H,6H2,1H3,(H,13,17)(H,15,16). The SMILES string of the molecule is CS(=O)(=O)c1cccc(-c2n[nH]c(=O)n2CC(=O)O)c1. The molecule has 8 nitrogen and oxygen atoms in total. The molecular formula is C11H11N3O5S. The molecule has 0 spiro atoms. The second-order valence-corrected chi connectivity index (χ2v) is 6.15. The van der Waals surface area contributed by atoms with Crippen molar-refractivity contribution in [3.63, 3.8) is 0 Å². The van der Waals surface area contributed by atoms with Gasteiger partial charge < -0.3 is 5.11 Å². The molecule has 2 rings (SSSR count). The molecule has 1 heterocycles. The molecule has 0 fully saturated rings. The quantitative estimate of drug-likeness (QED) is 0.800. The molecule has 0 radical (unpaired) electrons. The van der Waals surface area contributed by atoms with Crippen LogP contribution in [0.3, 0.4) is 0 Å². The lowest BCUT2D eigenvalue weighted by molar-refractivity contribution is -0.137. The first kappa shape index (κ1) is 14.0. The number of benzene rings is 1. The Kier molecular flexibility index (Phi) is 3.45. The Morgan fingerprint density at radius 2 is 2.15 bits per heavy atom. The molecular weight excluding hydrogens is 286 g/mol. The average Bonchev–Trinajstić information content (AvgIpc) is 2.70. The summed E-state index contributed by atoms with van der Waals surface area (Å²) in [5.41, 5.74) is -0.334. The van der Waals surface area contributed by atoms with Crippen LogP contribution in [0.1, 0.15) is 0 Å². The van der Waals surface area contributed by atoms with Gasteiger partial charge in [-0.05, 0) is 12.1 Å². The number of carbonyl (C=O) groups is 1. The van der Waals surface area contributed by atoms with Gasteiger partial charge in [-0.25, -0.2) is 18.3 Å². The normalized spacial score (nSPS) is 11.4. The minimum absolute atomic E-state index is 0.0623. The molecule has 2 N–H and O–H groups in total. The molecule has 0 saturated heterocycles. The minimum Gasteiger partial charge on any atom is -0.480 e. The second-order valence-electron chi connectivity index (χ2n) is 4.13. The van der Waals surface area contributed by atoms with Gasteiger partial charge in [-0.2, -0.15) is 5.10 Å². The lowest BCUT2D eigenvalue weighted by Crippen LogP contribution is -2.22. The van der Waals surface area contributed by atoms with E-state index in [0.717, 1.165) is 10.8 Å². The Morgan fingerprint density at radius 3 is 2.75 bits per heavy atom. The maximum Gasteiger partial charge on any atom is 0.344 e. The Hall–Kier alpha value is -2.42. The predicted molar refractivity (Wildman–Crippen MR) is 69.0 cm³/mol. The molecule has 2 aromatic rings. The smallest absolute Gasteiger partial charge is 0.344 e. The third-order valence-electron chi connectivity index (χ3n) is 2.57. The summed E-state index contributed by atoms with van der Waals surface area (Å²) in [7, 11) is -3.40. The number of aromatic amines is 1.